The van der Waals surface area contributed by atoms with E-state index in [1.807, 2.05) is 43.3 Å². The van der Waals surface area contributed by atoms with Crippen LogP contribution in [0.2, 0.25) is 0 Å². The molecule has 2 aromatic rings. The lowest BCUT2D eigenvalue weighted by Crippen LogP contribution is -2.24. The van der Waals surface area contributed by atoms with Gasteiger partial charge in [0, 0.05) is 17.2 Å². The molecule has 0 aliphatic carbocycles. The summed E-state index contributed by atoms with van der Waals surface area (Å²) in [4.78, 5) is 16.6. The molecule has 1 N–H and O–H groups in total. The predicted molar refractivity (Wildman–Crippen MR) is 93.4 cm³/mol. The highest BCUT2D eigenvalue weighted by atomic mass is 16.5. The standard InChI is InChI=1S/C19H18N2O3/c1-12-4-6-13(7-5-12)18-20-16(19(22)21-18)10-14-8-9-15(23-2)11-17(14)24-3/h4-11H,1-3H3,(H,20,21,22). The molecule has 1 aliphatic rings. The van der Waals surface area contributed by atoms with Crippen molar-refractivity contribution in [3.8, 4) is 11.5 Å². The first-order valence-corrected chi connectivity index (χ1v) is 7.51. The molecule has 1 amide bonds. The van der Waals surface area contributed by atoms with Crippen LogP contribution < -0.4 is 14.8 Å². The van der Waals surface area contributed by atoms with E-state index in [1.165, 1.54) is 0 Å². The number of amides is 1. The molecule has 0 bridgehead atoms. The smallest absolute Gasteiger partial charge is 0.275 e. The molecule has 1 heterocycles. The van der Waals surface area contributed by atoms with Crippen LogP contribution >= 0.6 is 0 Å². The number of amidine groups is 1. The molecule has 0 unspecified atom stereocenters. The van der Waals surface area contributed by atoms with Gasteiger partial charge >= 0.3 is 0 Å². The number of carbonyl (C=O) groups is 1. The molecule has 0 fully saturated rings. The minimum atomic E-state index is -0.233. The van der Waals surface area contributed by atoms with Crippen molar-refractivity contribution in [1.29, 1.82) is 0 Å². The fourth-order valence-electron chi connectivity index (χ4n) is 2.40. The quantitative estimate of drug-likeness (QED) is 0.881. The second-order valence-electron chi connectivity index (χ2n) is 5.42. The van der Waals surface area contributed by atoms with E-state index in [9.17, 15) is 4.79 Å². The van der Waals surface area contributed by atoms with Crippen molar-refractivity contribution in [2.75, 3.05) is 14.2 Å². The molecule has 0 saturated carbocycles. The third-order valence-corrected chi connectivity index (χ3v) is 3.75. The van der Waals surface area contributed by atoms with Crippen LogP contribution in [0.1, 0.15) is 16.7 Å². The van der Waals surface area contributed by atoms with Crippen LogP contribution in [0.5, 0.6) is 11.5 Å². The van der Waals surface area contributed by atoms with Crippen LogP contribution in [-0.2, 0) is 4.79 Å². The van der Waals surface area contributed by atoms with Crippen molar-refractivity contribution in [2.45, 2.75) is 6.92 Å². The minimum absolute atomic E-state index is 0.233. The number of carbonyl (C=O) groups excluding carboxylic acids is 1. The molecule has 2 aromatic carbocycles. The number of hydrogen-bond acceptors (Lipinski definition) is 4. The van der Waals surface area contributed by atoms with Gasteiger partial charge in [-0.2, -0.15) is 0 Å². The van der Waals surface area contributed by atoms with Crippen molar-refractivity contribution >= 4 is 17.8 Å². The summed E-state index contributed by atoms with van der Waals surface area (Å²) in [6.07, 6.45) is 1.70. The van der Waals surface area contributed by atoms with E-state index in [1.54, 1.807) is 26.4 Å². The highest BCUT2D eigenvalue weighted by Gasteiger charge is 2.21. The van der Waals surface area contributed by atoms with Gasteiger partial charge in [-0.1, -0.05) is 29.8 Å². The normalized spacial score (nSPS) is 15.2. The summed E-state index contributed by atoms with van der Waals surface area (Å²) in [5.74, 6) is 1.63. The summed E-state index contributed by atoms with van der Waals surface area (Å²) in [5, 5.41) is 2.80. The maximum atomic E-state index is 12.2. The summed E-state index contributed by atoms with van der Waals surface area (Å²) < 4.78 is 10.5. The largest absolute Gasteiger partial charge is 0.497 e. The fourth-order valence-corrected chi connectivity index (χ4v) is 2.40. The summed E-state index contributed by atoms with van der Waals surface area (Å²) in [5.41, 5.74) is 3.13. The van der Waals surface area contributed by atoms with Crippen LogP contribution in [-0.4, -0.2) is 26.0 Å². The molecule has 0 spiro atoms. The highest BCUT2D eigenvalue weighted by molar-refractivity contribution is 6.19. The number of aliphatic imine (C=N–C) groups is 1. The van der Waals surface area contributed by atoms with Gasteiger partial charge in [-0.3, -0.25) is 4.79 Å². The Morgan fingerprint density at radius 3 is 2.46 bits per heavy atom. The number of hydrogen-bond donors (Lipinski definition) is 1. The van der Waals surface area contributed by atoms with Crippen LogP contribution in [0.15, 0.2) is 53.2 Å². The zero-order valence-corrected chi connectivity index (χ0v) is 13.8. The average Bonchev–Trinajstić information content (AvgIpc) is 2.96. The Kier molecular flexibility index (Phi) is 4.33. The first-order valence-electron chi connectivity index (χ1n) is 7.51. The molecule has 5 nitrogen and oxygen atoms in total. The van der Waals surface area contributed by atoms with Gasteiger partial charge in [-0.15, -0.1) is 0 Å². The summed E-state index contributed by atoms with van der Waals surface area (Å²) in [6.45, 7) is 2.01. The van der Waals surface area contributed by atoms with E-state index < -0.39 is 0 Å². The number of methoxy groups -OCH3 is 2. The van der Waals surface area contributed by atoms with E-state index >= 15 is 0 Å². The first-order chi connectivity index (χ1) is 11.6. The van der Waals surface area contributed by atoms with Gasteiger partial charge in [-0.05, 0) is 25.1 Å². The second-order valence-corrected chi connectivity index (χ2v) is 5.42. The number of aryl methyl sites for hydroxylation is 1. The maximum absolute atomic E-state index is 12.2. The van der Waals surface area contributed by atoms with Crippen LogP contribution in [0.4, 0.5) is 0 Å². The van der Waals surface area contributed by atoms with Gasteiger partial charge < -0.3 is 14.8 Å². The zero-order valence-electron chi connectivity index (χ0n) is 13.8. The highest BCUT2D eigenvalue weighted by Crippen LogP contribution is 2.27. The third kappa shape index (κ3) is 3.15. The van der Waals surface area contributed by atoms with Crippen LogP contribution in [0.25, 0.3) is 6.08 Å². The van der Waals surface area contributed by atoms with E-state index in [2.05, 4.69) is 10.3 Å². The number of nitrogens with one attached hydrogen (secondary N) is 1. The zero-order chi connectivity index (χ0) is 17.1. The van der Waals surface area contributed by atoms with Crippen molar-refractivity contribution in [1.82, 2.24) is 5.32 Å². The van der Waals surface area contributed by atoms with E-state index in [0.717, 1.165) is 16.7 Å². The Morgan fingerprint density at radius 2 is 1.79 bits per heavy atom. The molecule has 0 radical (unpaired) electrons. The molecule has 3 rings (SSSR count). The Balaban J connectivity index is 1.95. The lowest BCUT2D eigenvalue weighted by molar-refractivity contribution is -0.115. The van der Waals surface area contributed by atoms with Gasteiger partial charge in [-0.25, -0.2) is 4.99 Å². The second kappa shape index (κ2) is 6.58. The van der Waals surface area contributed by atoms with Crippen molar-refractivity contribution in [2.24, 2.45) is 4.99 Å². The SMILES string of the molecule is COc1ccc(C=C2N=C(c3ccc(C)cc3)NC2=O)c(OC)c1. The van der Waals surface area contributed by atoms with E-state index in [0.29, 0.717) is 23.0 Å². The number of benzene rings is 2. The van der Waals surface area contributed by atoms with Crippen LogP contribution in [0.3, 0.4) is 0 Å². The fraction of sp³-hybridized carbons (Fsp3) is 0.158. The lowest BCUT2D eigenvalue weighted by atomic mass is 10.1. The summed E-state index contributed by atoms with van der Waals surface area (Å²) >= 11 is 0. The van der Waals surface area contributed by atoms with Crippen molar-refractivity contribution < 1.29 is 14.3 Å². The van der Waals surface area contributed by atoms with Gasteiger partial charge in [0.15, 0.2) is 0 Å². The maximum Gasteiger partial charge on any atom is 0.275 e. The van der Waals surface area contributed by atoms with Crippen LogP contribution in [0, 0.1) is 6.92 Å². The molecular formula is C19H18N2O3. The molecule has 24 heavy (non-hydrogen) atoms. The lowest BCUT2D eigenvalue weighted by Gasteiger charge is -2.07. The first kappa shape index (κ1) is 15.8. The van der Waals surface area contributed by atoms with Crippen molar-refractivity contribution in [3.63, 3.8) is 0 Å². The van der Waals surface area contributed by atoms with Gasteiger partial charge in [0.05, 0.1) is 14.2 Å². The van der Waals surface area contributed by atoms with Crippen molar-refractivity contribution in [3.05, 3.63) is 64.9 Å². The Morgan fingerprint density at radius 1 is 1.04 bits per heavy atom. The third-order valence-electron chi connectivity index (χ3n) is 3.75. The Hall–Kier alpha value is -3.08. The Bertz CT molecular complexity index is 836. The Labute approximate surface area is 140 Å². The average molecular weight is 322 g/mol. The number of ether oxygens (including phenoxy) is 2. The minimum Gasteiger partial charge on any atom is -0.497 e. The number of nitrogens with zero attached hydrogens (tertiary/aromatic N) is 1. The molecule has 0 saturated heterocycles. The number of rotatable bonds is 4. The molecule has 0 atom stereocenters. The van der Waals surface area contributed by atoms with Gasteiger partial charge in [0.25, 0.3) is 5.91 Å². The molecule has 1 aliphatic heterocycles. The predicted octanol–water partition coefficient (Wildman–Crippen LogP) is 2.93. The molecule has 122 valence electrons. The summed E-state index contributed by atoms with van der Waals surface area (Å²) in [6, 6.07) is 13.3. The summed E-state index contributed by atoms with van der Waals surface area (Å²) in [7, 11) is 3.17. The van der Waals surface area contributed by atoms with E-state index in [4.69, 9.17) is 9.47 Å². The van der Waals surface area contributed by atoms with Gasteiger partial charge in [0.2, 0.25) is 0 Å². The van der Waals surface area contributed by atoms with Gasteiger partial charge in [0.1, 0.15) is 23.0 Å². The molecule has 5 heteroatoms. The van der Waals surface area contributed by atoms with E-state index in [-0.39, 0.29) is 5.91 Å². The topological polar surface area (TPSA) is 59.9 Å². The monoisotopic (exact) mass is 322 g/mol. The molecular weight excluding hydrogens is 304 g/mol. The molecule has 0 aromatic heterocycles.